The molecule has 0 heterocycles. The van der Waals surface area contributed by atoms with E-state index < -0.39 is 0 Å². The maximum atomic E-state index is 4.40. The van der Waals surface area contributed by atoms with Crippen molar-refractivity contribution in [1.29, 1.82) is 0 Å². The summed E-state index contributed by atoms with van der Waals surface area (Å²) in [5, 5.41) is 0. The Kier molecular flexibility index (Phi) is 5.81. The maximum Gasteiger partial charge on any atom is 0.0484 e. The molecule has 0 saturated carbocycles. The van der Waals surface area contributed by atoms with Crippen LogP contribution in [-0.2, 0) is 10.8 Å². The molecule has 4 aromatic rings. The molecule has 0 atom stereocenters. The molecule has 0 amide bonds. The van der Waals surface area contributed by atoms with Gasteiger partial charge in [0.05, 0.1) is 0 Å². The zero-order chi connectivity index (χ0) is 27.5. The third-order valence-electron chi connectivity index (χ3n) is 8.78. The van der Waals surface area contributed by atoms with Crippen LogP contribution in [0.25, 0.3) is 22.3 Å². The number of hydrogen-bond donors (Lipinski definition) is 0. The van der Waals surface area contributed by atoms with Gasteiger partial charge in [0.1, 0.15) is 0 Å². The Balaban J connectivity index is 1.56. The lowest BCUT2D eigenvalue weighted by molar-refractivity contribution is 0.660. The number of hydrogen-bond acceptors (Lipinski definition) is 1. The molecule has 0 aliphatic heterocycles. The molecular weight excluding hydrogens is 470 g/mol. The molecule has 0 N–H and O–H groups in total. The van der Waals surface area contributed by atoms with Crippen LogP contribution in [0.5, 0.6) is 0 Å². The standard InChI is InChI=1S/C38H37N/c1-8-9-18-36(25(2)3)39(26-19-21-30-28-14-10-12-16-32(28)37(4,5)34(30)23-26)27-20-22-31-29-15-11-13-17-33(29)38(6,7)35(31)24-27/h8-24H,2H2,1,3-7H3/b9-8-,36-18+. The fourth-order valence-corrected chi connectivity index (χ4v) is 6.68. The van der Waals surface area contributed by atoms with Crippen molar-refractivity contribution < 1.29 is 0 Å². The van der Waals surface area contributed by atoms with Crippen LogP contribution in [-0.4, -0.2) is 0 Å². The van der Waals surface area contributed by atoms with E-state index in [1.807, 2.05) is 0 Å². The maximum absolute atomic E-state index is 4.40. The Morgan fingerprint density at radius 3 is 1.51 bits per heavy atom. The van der Waals surface area contributed by atoms with Gasteiger partial charge in [-0.1, -0.05) is 107 Å². The molecule has 0 fully saturated rings. The van der Waals surface area contributed by atoms with Gasteiger partial charge in [-0.2, -0.15) is 0 Å². The number of allylic oxidation sites excluding steroid dienone is 4. The number of fused-ring (bicyclic) bond motifs is 6. The molecule has 1 nitrogen and oxygen atoms in total. The third kappa shape index (κ3) is 3.75. The van der Waals surface area contributed by atoms with Crippen LogP contribution < -0.4 is 4.90 Å². The van der Waals surface area contributed by atoms with Crippen LogP contribution >= 0.6 is 0 Å². The predicted octanol–water partition coefficient (Wildman–Crippen LogP) is 10.5. The summed E-state index contributed by atoms with van der Waals surface area (Å²) in [4.78, 5) is 2.39. The van der Waals surface area contributed by atoms with Gasteiger partial charge in [-0.3, -0.25) is 0 Å². The molecule has 0 radical (unpaired) electrons. The molecular formula is C38H37N. The van der Waals surface area contributed by atoms with Gasteiger partial charge >= 0.3 is 0 Å². The first-order chi connectivity index (χ1) is 18.7. The van der Waals surface area contributed by atoms with Gasteiger partial charge in [0.25, 0.3) is 0 Å². The van der Waals surface area contributed by atoms with Crippen LogP contribution in [0, 0.1) is 0 Å². The van der Waals surface area contributed by atoms with Crippen molar-refractivity contribution in [1.82, 2.24) is 0 Å². The molecule has 2 aliphatic carbocycles. The van der Waals surface area contributed by atoms with E-state index in [1.165, 1.54) is 44.5 Å². The van der Waals surface area contributed by atoms with Gasteiger partial charge in [-0.25, -0.2) is 0 Å². The topological polar surface area (TPSA) is 3.24 Å². The summed E-state index contributed by atoms with van der Waals surface area (Å²) in [6.07, 6.45) is 6.37. The van der Waals surface area contributed by atoms with E-state index in [4.69, 9.17) is 0 Å². The molecule has 2 aliphatic rings. The van der Waals surface area contributed by atoms with Gasteiger partial charge in [0.2, 0.25) is 0 Å². The van der Waals surface area contributed by atoms with Crippen LogP contribution in [0.4, 0.5) is 11.4 Å². The van der Waals surface area contributed by atoms with E-state index >= 15 is 0 Å². The van der Waals surface area contributed by atoms with Crippen LogP contribution in [0.15, 0.2) is 121 Å². The van der Waals surface area contributed by atoms with Gasteiger partial charge in [0, 0.05) is 27.9 Å². The first-order valence-electron chi connectivity index (χ1n) is 13.9. The third-order valence-corrected chi connectivity index (χ3v) is 8.78. The summed E-state index contributed by atoms with van der Waals surface area (Å²) in [5.74, 6) is 0. The molecule has 6 rings (SSSR count). The molecule has 39 heavy (non-hydrogen) atoms. The van der Waals surface area contributed by atoms with Crippen LogP contribution in [0.3, 0.4) is 0 Å². The Bertz CT molecular complexity index is 1580. The fraction of sp³-hybridized carbons (Fsp3) is 0.211. The Morgan fingerprint density at radius 1 is 0.641 bits per heavy atom. The van der Waals surface area contributed by atoms with Crippen molar-refractivity contribution in [2.75, 3.05) is 4.90 Å². The highest BCUT2D eigenvalue weighted by Crippen LogP contribution is 2.52. The van der Waals surface area contributed by atoms with Crippen molar-refractivity contribution >= 4 is 11.4 Å². The second-order valence-electron chi connectivity index (χ2n) is 12.0. The lowest BCUT2D eigenvalue weighted by Gasteiger charge is -2.31. The summed E-state index contributed by atoms with van der Waals surface area (Å²) in [6.45, 7) is 17.9. The van der Waals surface area contributed by atoms with Crippen molar-refractivity contribution in [3.63, 3.8) is 0 Å². The summed E-state index contributed by atoms with van der Waals surface area (Å²) >= 11 is 0. The van der Waals surface area contributed by atoms with E-state index in [0.717, 1.165) is 22.6 Å². The first kappa shape index (κ1) is 25.2. The lowest BCUT2D eigenvalue weighted by Crippen LogP contribution is -2.20. The smallest absolute Gasteiger partial charge is 0.0484 e. The minimum Gasteiger partial charge on any atom is -0.310 e. The van der Waals surface area contributed by atoms with Gasteiger partial charge in [-0.05, 0) is 94.3 Å². The van der Waals surface area contributed by atoms with Gasteiger partial charge in [-0.15, -0.1) is 0 Å². The van der Waals surface area contributed by atoms with E-state index in [2.05, 4.69) is 156 Å². The molecule has 1 heteroatoms. The zero-order valence-corrected chi connectivity index (χ0v) is 24.0. The fourth-order valence-electron chi connectivity index (χ4n) is 6.68. The summed E-state index contributed by atoms with van der Waals surface area (Å²) in [6, 6.07) is 31.6. The van der Waals surface area contributed by atoms with Crippen molar-refractivity contribution in [2.24, 2.45) is 0 Å². The summed E-state index contributed by atoms with van der Waals surface area (Å²) < 4.78 is 0. The average molecular weight is 508 g/mol. The number of nitrogens with zero attached hydrogens (tertiary/aromatic N) is 1. The molecule has 0 unspecified atom stereocenters. The van der Waals surface area contributed by atoms with E-state index in [-0.39, 0.29) is 10.8 Å². The zero-order valence-electron chi connectivity index (χ0n) is 24.0. The average Bonchev–Trinajstić information content (AvgIpc) is 3.30. The van der Waals surface area contributed by atoms with Gasteiger partial charge < -0.3 is 4.90 Å². The first-order valence-corrected chi connectivity index (χ1v) is 13.9. The monoisotopic (exact) mass is 507 g/mol. The molecule has 0 bridgehead atoms. The van der Waals surface area contributed by atoms with E-state index in [1.54, 1.807) is 0 Å². The Hall–Kier alpha value is -4.10. The second-order valence-corrected chi connectivity index (χ2v) is 12.0. The Morgan fingerprint density at radius 2 is 1.08 bits per heavy atom. The number of rotatable bonds is 5. The molecule has 4 aromatic carbocycles. The van der Waals surface area contributed by atoms with E-state index in [9.17, 15) is 0 Å². The quantitative estimate of drug-likeness (QED) is 0.243. The van der Waals surface area contributed by atoms with Crippen molar-refractivity contribution in [3.8, 4) is 22.3 Å². The van der Waals surface area contributed by atoms with Crippen molar-refractivity contribution in [2.45, 2.75) is 52.4 Å². The molecule has 0 spiro atoms. The lowest BCUT2D eigenvalue weighted by atomic mass is 9.82. The SMILES string of the molecule is C=C(C)/C(=C\C=C/C)N(c1ccc2c(c1)C(C)(C)c1ccccc1-2)c1ccc2c(c1)C(C)(C)c1ccccc1-2. The molecule has 0 saturated heterocycles. The summed E-state index contributed by atoms with van der Waals surface area (Å²) in [5.41, 5.74) is 15.2. The minimum atomic E-state index is -0.0639. The van der Waals surface area contributed by atoms with Crippen LogP contribution in [0.1, 0.15) is 63.8 Å². The van der Waals surface area contributed by atoms with Gasteiger partial charge in [0.15, 0.2) is 0 Å². The highest BCUT2D eigenvalue weighted by molar-refractivity contribution is 5.87. The predicted molar refractivity (Wildman–Crippen MR) is 168 cm³/mol. The van der Waals surface area contributed by atoms with Crippen LogP contribution in [0.2, 0.25) is 0 Å². The van der Waals surface area contributed by atoms with E-state index in [0.29, 0.717) is 0 Å². The largest absolute Gasteiger partial charge is 0.310 e. The summed E-state index contributed by atoms with van der Waals surface area (Å²) in [7, 11) is 0. The molecule has 194 valence electrons. The number of benzene rings is 4. The normalized spacial score (nSPS) is 16.0. The number of anilines is 2. The van der Waals surface area contributed by atoms with Crippen molar-refractivity contribution in [3.05, 3.63) is 143 Å². The highest BCUT2D eigenvalue weighted by atomic mass is 15.1. The minimum absolute atomic E-state index is 0.0639. The second kappa shape index (κ2) is 8.99. The Labute approximate surface area is 233 Å². The molecule has 0 aromatic heterocycles. The highest BCUT2D eigenvalue weighted by Gasteiger charge is 2.37.